The highest BCUT2D eigenvalue weighted by atomic mass is 35.5. The fourth-order valence-electron chi connectivity index (χ4n) is 3.21. The summed E-state index contributed by atoms with van der Waals surface area (Å²) in [5.74, 6) is 0.621. The summed E-state index contributed by atoms with van der Waals surface area (Å²) in [5.41, 5.74) is 3.82. The molecule has 3 aromatic rings. The van der Waals surface area contributed by atoms with Crippen LogP contribution in [0.5, 0.6) is 5.75 Å². The van der Waals surface area contributed by atoms with E-state index in [1.54, 1.807) is 30.3 Å². The molecule has 1 atom stereocenters. The Morgan fingerprint density at radius 1 is 1.15 bits per heavy atom. The second-order valence-electron chi connectivity index (χ2n) is 6.34. The van der Waals surface area contributed by atoms with E-state index in [0.29, 0.717) is 16.3 Å². The van der Waals surface area contributed by atoms with Gasteiger partial charge in [0.2, 0.25) is 0 Å². The van der Waals surface area contributed by atoms with Gasteiger partial charge >= 0.3 is 0 Å². The Bertz CT molecular complexity index is 1000. The number of nitrogens with one attached hydrogen (secondary N) is 1. The Kier molecular flexibility index (Phi) is 4.46. The number of nitrogens with zero attached hydrogens (tertiary/aromatic N) is 2. The van der Waals surface area contributed by atoms with Gasteiger partial charge in [-0.15, -0.1) is 0 Å². The minimum atomic E-state index is -0.456. The van der Waals surface area contributed by atoms with Crippen molar-refractivity contribution in [1.29, 1.82) is 0 Å². The van der Waals surface area contributed by atoms with E-state index in [4.69, 9.17) is 16.3 Å². The third-order valence-corrected chi connectivity index (χ3v) is 4.89. The first-order valence-electron chi connectivity index (χ1n) is 8.53. The maximum atomic E-state index is 13.1. The molecular weight excluding hydrogens is 362 g/mol. The van der Waals surface area contributed by atoms with Crippen molar-refractivity contribution in [3.8, 4) is 5.75 Å². The summed E-state index contributed by atoms with van der Waals surface area (Å²) in [6.45, 7) is 1.98. The van der Waals surface area contributed by atoms with Gasteiger partial charge in [0.05, 0.1) is 29.1 Å². The lowest BCUT2D eigenvalue weighted by Crippen LogP contribution is -2.32. The number of benzene rings is 2. The molecule has 1 aliphatic heterocycles. The van der Waals surface area contributed by atoms with E-state index < -0.39 is 6.17 Å². The number of methoxy groups -OCH3 is 1. The van der Waals surface area contributed by atoms with Crippen LogP contribution in [0.1, 0.15) is 27.8 Å². The molecule has 136 valence electrons. The fourth-order valence-corrected chi connectivity index (χ4v) is 3.50. The lowest BCUT2D eigenvalue weighted by molar-refractivity contribution is 0.0993. The van der Waals surface area contributed by atoms with Gasteiger partial charge < -0.3 is 10.1 Å². The predicted octanol–water partition coefficient (Wildman–Crippen LogP) is 4.82. The van der Waals surface area contributed by atoms with Crippen LogP contribution in [0.3, 0.4) is 0 Å². The molecule has 0 unspecified atom stereocenters. The number of halogens is 1. The topological polar surface area (TPSA) is 54.5 Å². The smallest absolute Gasteiger partial charge is 0.262 e. The highest BCUT2D eigenvalue weighted by Crippen LogP contribution is 2.38. The first-order valence-corrected chi connectivity index (χ1v) is 8.91. The number of carbonyl (C=O) groups excluding carboxylic acids is 1. The number of fused-ring (bicyclic) bond motifs is 1. The van der Waals surface area contributed by atoms with Gasteiger partial charge in [0.1, 0.15) is 5.75 Å². The monoisotopic (exact) mass is 379 g/mol. The van der Waals surface area contributed by atoms with E-state index in [-0.39, 0.29) is 5.91 Å². The number of pyridine rings is 1. The van der Waals surface area contributed by atoms with Crippen molar-refractivity contribution in [2.75, 3.05) is 17.3 Å². The number of ether oxygens (including phenoxy) is 1. The van der Waals surface area contributed by atoms with E-state index >= 15 is 0 Å². The average molecular weight is 380 g/mol. The number of carbonyl (C=O) groups is 1. The Labute approximate surface area is 162 Å². The van der Waals surface area contributed by atoms with Crippen molar-refractivity contribution in [3.63, 3.8) is 0 Å². The number of aromatic nitrogens is 1. The normalized spacial score (nSPS) is 15.6. The molecule has 0 spiro atoms. The lowest BCUT2D eigenvalue weighted by atomic mass is 10.2. The van der Waals surface area contributed by atoms with Crippen LogP contribution < -0.4 is 15.0 Å². The summed E-state index contributed by atoms with van der Waals surface area (Å²) < 4.78 is 5.22. The largest absolute Gasteiger partial charge is 0.497 e. The van der Waals surface area contributed by atoms with Crippen molar-refractivity contribution < 1.29 is 9.53 Å². The van der Waals surface area contributed by atoms with Crippen LogP contribution in [0, 0.1) is 6.92 Å². The molecule has 1 aromatic heterocycles. The van der Waals surface area contributed by atoms with Crippen molar-refractivity contribution in [2.24, 2.45) is 0 Å². The molecule has 4 rings (SSSR count). The molecule has 0 aliphatic carbocycles. The molecular formula is C21H18ClN3O2. The maximum Gasteiger partial charge on any atom is 0.262 e. The fraction of sp³-hybridized carbons (Fsp3) is 0.143. The molecule has 0 bridgehead atoms. The zero-order valence-corrected chi connectivity index (χ0v) is 15.7. The molecule has 0 fully saturated rings. The summed E-state index contributed by atoms with van der Waals surface area (Å²) in [6, 6.07) is 16.7. The molecule has 1 amide bonds. The molecule has 2 heterocycles. The van der Waals surface area contributed by atoms with Crippen LogP contribution in [-0.4, -0.2) is 18.0 Å². The zero-order chi connectivity index (χ0) is 19.0. The van der Waals surface area contributed by atoms with Gasteiger partial charge in [-0.05, 0) is 61.0 Å². The molecule has 27 heavy (non-hydrogen) atoms. The van der Waals surface area contributed by atoms with E-state index in [1.165, 1.54) is 0 Å². The second kappa shape index (κ2) is 6.93. The summed E-state index contributed by atoms with van der Waals surface area (Å²) >= 11 is 6.40. The van der Waals surface area contributed by atoms with Crippen molar-refractivity contribution in [1.82, 2.24) is 4.98 Å². The average Bonchev–Trinajstić information content (AvgIpc) is 2.96. The van der Waals surface area contributed by atoms with Gasteiger partial charge in [0, 0.05) is 11.9 Å². The maximum absolute atomic E-state index is 13.1. The molecule has 0 radical (unpaired) electrons. The van der Waals surface area contributed by atoms with Crippen molar-refractivity contribution >= 4 is 28.9 Å². The van der Waals surface area contributed by atoms with Crippen molar-refractivity contribution in [3.05, 3.63) is 82.6 Å². The van der Waals surface area contributed by atoms with E-state index in [1.807, 2.05) is 49.4 Å². The van der Waals surface area contributed by atoms with Gasteiger partial charge in [-0.3, -0.25) is 14.7 Å². The number of hydrogen-bond donors (Lipinski definition) is 1. The Balaban J connectivity index is 1.77. The van der Waals surface area contributed by atoms with Crippen LogP contribution in [0.15, 0.2) is 60.8 Å². The first-order chi connectivity index (χ1) is 13.1. The zero-order valence-electron chi connectivity index (χ0n) is 14.9. The summed E-state index contributed by atoms with van der Waals surface area (Å²) in [6.07, 6.45) is 1.23. The van der Waals surface area contributed by atoms with Crippen LogP contribution >= 0.6 is 11.6 Å². The number of hydrogen-bond acceptors (Lipinski definition) is 4. The van der Waals surface area contributed by atoms with Gasteiger partial charge in [-0.25, -0.2) is 0 Å². The minimum absolute atomic E-state index is 0.107. The molecule has 0 saturated carbocycles. The van der Waals surface area contributed by atoms with Gasteiger partial charge in [0.15, 0.2) is 6.17 Å². The Morgan fingerprint density at radius 3 is 2.63 bits per heavy atom. The first kappa shape index (κ1) is 17.4. The standard InChI is InChI=1S/C21H18ClN3O2/c1-13-5-10-18(17(22)12-13)24-20-19-16(4-3-11-23-19)21(26)25(20)14-6-8-15(27-2)9-7-14/h3-12,20,24H,1-2H3/t20-/m1/s1. The Morgan fingerprint density at radius 2 is 1.93 bits per heavy atom. The van der Waals surface area contributed by atoms with Crippen LogP contribution in [0.2, 0.25) is 5.02 Å². The number of anilines is 2. The number of rotatable bonds is 4. The molecule has 2 aromatic carbocycles. The molecule has 0 saturated heterocycles. The highest BCUT2D eigenvalue weighted by molar-refractivity contribution is 6.33. The molecule has 6 heteroatoms. The van der Waals surface area contributed by atoms with E-state index in [9.17, 15) is 4.79 Å². The Hall–Kier alpha value is -3.05. The molecule has 5 nitrogen and oxygen atoms in total. The second-order valence-corrected chi connectivity index (χ2v) is 6.75. The highest BCUT2D eigenvalue weighted by Gasteiger charge is 2.39. The third-order valence-electron chi connectivity index (χ3n) is 4.57. The van der Waals surface area contributed by atoms with E-state index in [0.717, 1.165) is 22.7 Å². The number of aryl methyl sites for hydroxylation is 1. The minimum Gasteiger partial charge on any atom is -0.497 e. The van der Waals surface area contributed by atoms with Crippen LogP contribution in [-0.2, 0) is 0 Å². The summed E-state index contributed by atoms with van der Waals surface area (Å²) in [5, 5.41) is 3.98. The van der Waals surface area contributed by atoms with E-state index in [2.05, 4.69) is 10.3 Å². The third kappa shape index (κ3) is 3.11. The number of amides is 1. The van der Waals surface area contributed by atoms with Gasteiger partial charge in [-0.1, -0.05) is 17.7 Å². The molecule has 1 N–H and O–H groups in total. The van der Waals surface area contributed by atoms with Crippen molar-refractivity contribution in [2.45, 2.75) is 13.1 Å². The predicted molar refractivity (Wildman–Crippen MR) is 107 cm³/mol. The van der Waals surface area contributed by atoms with Crippen LogP contribution in [0.25, 0.3) is 0 Å². The summed E-state index contributed by atoms with van der Waals surface area (Å²) in [7, 11) is 1.61. The quantitative estimate of drug-likeness (QED) is 0.705. The van der Waals surface area contributed by atoms with Gasteiger partial charge in [0.25, 0.3) is 5.91 Å². The molecule has 1 aliphatic rings. The van der Waals surface area contributed by atoms with Gasteiger partial charge in [-0.2, -0.15) is 0 Å². The summed E-state index contributed by atoms with van der Waals surface area (Å²) in [4.78, 5) is 19.2. The van der Waals surface area contributed by atoms with Crippen LogP contribution in [0.4, 0.5) is 11.4 Å². The SMILES string of the molecule is COc1ccc(N2C(=O)c3cccnc3[C@@H]2Nc2ccc(C)cc2Cl)cc1. The lowest BCUT2D eigenvalue weighted by Gasteiger charge is -2.27.